The minimum Gasteiger partial charge on any atom is -0.474 e. The van der Waals surface area contributed by atoms with Crippen molar-refractivity contribution in [2.24, 2.45) is 0 Å². The summed E-state index contributed by atoms with van der Waals surface area (Å²) in [5.41, 5.74) is -0.144. The highest BCUT2D eigenvalue weighted by molar-refractivity contribution is 9.10. The van der Waals surface area contributed by atoms with Gasteiger partial charge in [-0.05, 0) is 35.8 Å². The van der Waals surface area contributed by atoms with Crippen LogP contribution in [0.25, 0.3) is 11.0 Å². The van der Waals surface area contributed by atoms with Gasteiger partial charge in [0.15, 0.2) is 5.65 Å². The van der Waals surface area contributed by atoms with Crippen molar-refractivity contribution in [3.63, 3.8) is 0 Å². The summed E-state index contributed by atoms with van der Waals surface area (Å²) in [6.07, 6.45) is 3.37. The molecule has 2 aliphatic heterocycles. The molecule has 2 bridgehead atoms. The lowest BCUT2D eigenvalue weighted by atomic mass is 9.69. The standard InChI is InChI=1S/C15H17BrFN3O2/c1-9(2)22-13-11(16)3-10-4-20(19-12(10)18-13)14-5-15(6-14,7-17)21-8-14/h3-4,9H,5-8H2,1-2H3. The molecule has 0 atom stereocenters. The quantitative estimate of drug-likeness (QED) is 0.830. The molecule has 5 rings (SSSR count). The first-order valence-electron chi connectivity index (χ1n) is 7.38. The largest absolute Gasteiger partial charge is 0.474 e. The van der Waals surface area contributed by atoms with Gasteiger partial charge in [0.05, 0.1) is 22.7 Å². The lowest BCUT2D eigenvalue weighted by molar-refractivity contribution is -0.0336. The van der Waals surface area contributed by atoms with E-state index in [1.165, 1.54) is 0 Å². The second-order valence-electron chi connectivity index (χ2n) is 6.61. The van der Waals surface area contributed by atoms with Gasteiger partial charge in [-0.3, -0.25) is 4.68 Å². The molecule has 5 nitrogen and oxygen atoms in total. The molecule has 1 aliphatic carbocycles. The minimum absolute atomic E-state index is 0.0435. The Morgan fingerprint density at radius 2 is 2.27 bits per heavy atom. The van der Waals surface area contributed by atoms with Crippen molar-refractivity contribution < 1.29 is 13.9 Å². The van der Waals surface area contributed by atoms with Crippen LogP contribution >= 0.6 is 15.9 Å². The third kappa shape index (κ3) is 1.98. The normalized spacial score (nSPS) is 30.0. The molecule has 0 radical (unpaired) electrons. The average Bonchev–Trinajstić information content (AvgIpc) is 3.08. The lowest BCUT2D eigenvalue weighted by Gasteiger charge is -2.42. The van der Waals surface area contributed by atoms with E-state index in [1.807, 2.05) is 30.8 Å². The molecule has 1 saturated carbocycles. The molecule has 0 spiro atoms. The second-order valence-corrected chi connectivity index (χ2v) is 7.47. The Bertz CT molecular complexity index is 740. The molecule has 0 N–H and O–H groups in total. The van der Waals surface area contributed by atoms with E-state index < -0.39 is 12.3 Å². The zero-order valence-electron chi connectivity index (χ0n) is 12.5. The summed E-state index contributed by atoms with van der Waals surface area (Å²) < 4.78 is 27.1. The number of alkyl halides is 1. The molecule has 3 fully saturated rings. The summed E-state index contributed by atoms with van der Waals surface area (Å²) in [5.74, 6) is 0.541. The van der Waals surface area contributed by atoms with Gasteiger partial charge in [-0.25, -0.2) is 4.39 Å². The molecule has 4 heterocycles. The van der Waals surface area contributed by atoms with Gasteiger partial charge in [0.1, 0.15) is 12.3 Å². The van der Waals surface area contributed by atoms with Crippen LogP contribution in [0.1, 0.15) is 26.7 Å². The number of rotatable bonds is 4. The Labute approximate surface area is 135 Å². The number of fused-ring (bicyclic) bond motifs is 2. The maximum absolute atomic E-state index is 13.0. The molecule has 0 aromatic carbocycles. The molecular formula is C15H17BrFN3O2. The predicted molar refractivity (Wildman–Crippen MR) is 82.9 cm³/mol. The third-order valence-corrected chi connectivity index (χ3v) is 5.01. The maximum atomic E-state index is 13.0. The Morgan fingerprint density at radius 3 is 2.91 bits per heavy atom. The summed E-state index contributed by atoms with van der Waals surface area (Å²) in [6, 6.07) is 1.96. The van der Waals surface area contributed by atoms with Crippen LogP contribution in [-0.2, 0) is 10.3 Å². The van der Waals surface area contributed by atoms with Gasteiger partial charge in [0, 0.05) is 24.4 Å². The van der Waals surface area contributed by atoms with Crippen LogP contribution in [0.5, 0.6) is 5.88 Å². The van der Waals surface area contributed by atoms with Crippen LogP contribution in [0, 0.1) is 0 Å². The number of hydrogen-bond donors (Lipinski definition) is 0. The van der Waals surface area contributed by atoms with Gasteiger partial charge in [0.2, 0.25) is 5.88 Å². The third-order valence-electron chi connectivity index (χ3n) is 4.44. The predicted octanol–water partition coefficient (Wildman–Crippen LogP) is 3.21. The van der Waals surface area contributed by atoms with Crippen molar-refractivity contribution in [3.8, 4) is 5.88 Å². The number of ether oxygens (including phenoxy) is 2. The van der Waals surface area contributed by atoms with Crippen LogP contribution in [0.2, 0.25) is 0 Å². The number of hydrogen-bond acceptors (Lipinski definition) is 4. The molecule has 118 valence electrons. The fourth-order valence-corrected chi connectivity index (χ4v) is 3.89. The maximum Gasteiger partial charge on any atom is 0.230 e. The van der Waals surface area contributed by atoms with Crippen molar-refractivity contribution in [2.45, 2.75) is 43.9 Å². The van der Waals surface area contributed by atoms with Crippen LogP contribution in [0.3, 0.4) is 0 Å². The molecule has 2 saturated heterocycles. The Kier molecular flexibility index (Phi) is 3.04. The molecule has 0 amide bonds. The van der Waals surface area contributed by atoms with Crippen molar-refractivity contribution in [1.82, 2.24) is 14.8 Å². The first kappa shape index (κ1) is 14.4. The fraction of sp³-hybridized carbons (Fsp3) is 0.600. The topological polar surface area (TPSA) is 49.2 Å². The molecule has 2 aromatic heterocycles. The SMILES string of the molecule is CC(C)Oc1nc2nn(C34COC(CF)(C3)C4)cc2cc1Br. The Hall–Kier alpha value is -1.21. The highest BCUT2D eigenvalue weighted by Crippen LogP contribution is 2.56. The second kappa shape index (κ2) is 4.64. The van der Waals surface area contributed by atoms with Crippen molar-refractivity contribution in [3.05, 3.63) is 16.7 Å². The minimum atomic E-state index is -0.571. The summed E-state index contributed by atoms with van der Waals surface area (Å²) >= 11 is 3.48. The van der Waals surface area contributed by atoms with Gasteiger partial charge < -0.3 is 9.47 Å². The van der Waals surface area contributed by atoms with E-state index in [-0.39, 0.29) is 11.6 Å². The Morgan fingerprint density at radius 1 is 1.50 bits per heavy atom. The monoisotopic (exact) mass is 369 g/mol. The van der Waals surface area contributed by atoms with Crippen LogP contribution in [0.15, 0.2) is 16.7 Å². The van der Waals surface area contributed by atoms with Crippen molar-refractivity contribution in [1.29, 1.82) is 0 Å². The molecule has 22 heavy (non-hydrogen) atoms. The van der Waals surface area contributed by atoms with E-state index >= 15 is 0 Å². The van der Waals surface area contributed by atoms with Gasteiger partial charge in [-0.1, -0.05) is 0 Å². The zero-order chi connectivity index (χ0) is 15.5. The van der Waals surface area contributed by atoms with E-state index in [0.29, 0.717) is 31.0 Å². The van der Waals surface area contributed by atoms with Crippen LogP contribution in [0.4, 0.5) is 4.39 Å². The molecule has 2 aromatic rings. The lowest BCUT2D eigenvalue weighted by Crippen LogP contribution is -2.52. The van der Waals surface area contributed by atoms with E-state index in [2.05, 4.69) is 26.0 Å². The van der Waals surface area contributed by atoms with Gasteiger partial charge >= 0.3 is 0 Å². The summed E-state index contributed by atoms with van der Waals surface area (Å²) in [4.78, 5) is 4.48. The molecule has 0 unspecified atom stereocenters. The van der Waals surface area contributed by atoms with Gasteiger partial charge in [-0.15, -0.1) is 0 Å². The van der Waals surface area contributed by atoms with Crippen LogP contribution in [-0.4, -0.2) is 39.8 Å². The van der Waals surface area contributed by atoms with E-state index in [9.17, 15) is 4.39 Å². The first-order valence-corrected chi connectivity index (χ1v) is 8.18. The highest BCUT2D eigenvalue weighted by atomic mass is 79.9. The van der Waals surface area contributed by atoms with E-state index in [0.717, 1.165) is 9.86 Å². The highest BCUT2D eigenvalue weighted by Gasteiger charge is 2.64. The summed E-state index contributed by atoms with van der Waals surface area (Å²) in [5, 5.41) is 5.51. The summed E-state index contributed by atoms with van der Waals surface area (Å²) in [6.45, 7) is 4.00. The Balaban J connectivity index is 1.70. The van der Waals surface area contributed by atoms with Crippen molar-refractivity contribution >= 4 is 27.0 Å². The zero-order valence-corrected chi connectivity index (χ0v) is 14.1. The van der Waals surface area contributed by atoms with Crippen molar-refractivity contribution in [2.75, 3.05) is 13.3 Å². The van der Waals surface area contributed by atoms with Gasteiger partial charge in [0.25, 0.3) is 0 Å². The van der Waals surface area contributed by atoms with Crippen LogP contribution < -0.4 is 4.74 Å². The first-order chi connectivity index (χ1) is 10.5. The smallest absolute Gasteiger partial charge is 0.230 e. The number of nitrogens with zero attached hydrogens (tertiary/aromatic N) is 3. The van der Waals surface area contributed by atoms with Gasteiger partial charge in [-0.2, -0.15) is 10.1 Å². The van der Waals surface area contributed by atoms with E-state index in [4.69, 9.17) is 9.47 Å². The number of aromatic nitrogens is 3. The molecule has 7 heteroatoms. The number of halogens is 2. The molecule has 3 aliphatic rings. The van der Waals surface area contributed by atoms with E-state index in [1.54, 1.807) is 0 Å². The summed E-state index contributed by atoms with van der Waals surface area (Å²) in [7, 11) is 0. The average molecular weight is 370 g/mol. The number of pyridine rings is 1. The molecular weight excluding hydrogens is 353 g/mol. The fourth-order valence-electron chi connectivity index (χ4n) is 3.46.